The third-order valence-corrected chi connectivity index (χ3v) is 2.64. The van der Waals surface area contributed by atoms with Gasteiger partial charge in [0, 0.05) is 36.5 Å². The van der Waals surface area contributed by atoms with Gasteiger partial charge in [-0.2, -0.15) is 4.98 Å². The fourth-order valence-corrected chi connectivity index (χ4v) is 1.78. The highest BCUT2D eigenvalue weighted by molar-refractivity contribution is 5.59. The summed E-state index contributed by atoms with van der Waals surface area (Å²) in [6.45, 7) is 5.25. The number of nitrogens with one attached hydrogen (secondary N) is 1. The second-order valence-corrected chi connectivity index (χ2v) is 4.55. The third-order valence-electron chi connectivity index (χ3n) is 2.64. The normalized spacial score (nSPS) is 10.5. The molecule has 1 aromatic carbocycles. The molecule has 6 nitrogen and oxygen atoms in total. The summed E-state index contributed by atoms with van der Waals surface area (Å²) in [6, 6.07) is 5.63. The Balaban J connectivity index is 1.89. The Morgan fingerprint density at radius 2 is 2.20 bits per heavy atom. The van der Waals surface area contributed by atoms with Gasteiger partial charge in [-0.25, -0.2) is 0 Å². The molecule has 6 heteroatoms. The summed E-state index contributed by atoms with van der Waals surface area (Å²) in [6.07, 6.45) is 1.63. The average Bonchev–Trinajstić information content (AvgIpc) is 2.81. The highest BCUT2D eigenvalue weighted by Crippen LogP contribution is 2.22. The molecule has 20 heavy (non-hydrogen) atoms. The minimum Gasteiger partial charge on any atom is -0.493 e. The van der Waals surface area contributed by atoms with E-state index in [0.717, 1.165) is 17.9 Å². The summed E-state index contributed by atoms with van der Waals surface area (Å²) in [4.78, 5) is 4.15. The quantitative estimate of drug-likeness (QED) is 0.755. The van der Waals surface area contributed by atoms with E-state index < -0.39 is 0 Å². The molecule has 0 atom stereocenters. The van der Waals surface area contributed by atoms with Gasteiger partial charge in [0.15, 0.2) is 5.82 Å². The minimum absolute atomic E-state index is 0.626. The standard InChI is InChI=1S/C14H20N4O2/c1-3-6-19-13-8-11(15)7-12(9-13)16-5-4-14-17-10(2)18-20-14/h7-9,16H,3-6,15H2,1-2H3. The number of nitrogens with two attached hydrogens (primary N) is 1. The number of benzene rings is 1. The lowest BCUT2D eigenvalue weighted by molar-refractivity contribution is 0.318. The number of hydrogen-bond acceptors (Lipinski definition) is 6. The highest BCUT2D eigenvalue weighted by Gasteiger charge is 2.03. The predicted octanol–water partition coefficient (Wildman–Crippen LogP) is 2.40. The maximum absolute atomic E-state index is 5.86. The van der Waals surface area contributed by atoms with E-state index in [1.54, 1.807) is 6.92 Å². The lowest BCUT2D eigenvalue weighted by Crippen LogP contribution is -2.06. The molecule has 108 valence electrons. The summed E-state index contributed by atoms with van der Waals surface area (Å²) in [5.41, 5.74) is 7.46. The molecule has 3 N–H and O–H groups in total. The fraction of sp³-hybridized carbons (Fsp3) is 0.429. The molecule has 0 saturated heterocycles. The molecule has 0 spiro atoms. The van der Waals surface area contributed by atoms with Crippen molar-refractivity contribution >= 4 is 11.4 Å². The van der Waals surface area contributed by atoms with E-state index in [4.69, 9.17) is 15.0 Å². The molecule has 0 radical (unpaired) electrons. The molecule has 0 aliphatic carbocycles. The Bertz CT molecular complexity index is 554. The van der Waals surface area contributed by atoms with Crippen molar-refractivity contribution in [2.45, 2.75) is 26.7 Å². The molecule has 0 aliphatic rings. The van der Waals surface area contributed by atoms with E-state index in [1.165, 1.54) is 0 Å². The van der Waals surface area contributed by atoms with Crippen LogP contribution in [0.3, 0.4) is 0 Å². The van der Waals surface area contributed by atoms with Gasteiger partial charge in [0.25, 0.3) is 0 Å². The van der Waals surface area contributed by atoms with E-state index in [-0.39, 0.29) is 0 Å². The van der Waals surface area contributed by atoms with Crippen LogP contribution in [0, 0.1) is 6.92 Å². The SMILES string of the molecule is CCCOc1cc(N)cc(NCCc2nc(C)no2)c1. The zero-order valence-corrected chi connectivity index (χ0v) is 11.8. The van der Waals surface area contributed by atoms with Gasteiger partial charge >= 0.3 is 0 Å². The molecule has 1 heterocycles. The molecular formula is C14H20N4O2. The topological polar surface area (TPSA) is 86.2 Å². The Hall–Kier alpha value is -2.24. The number of nitrogen functional groups attached to an aromatic ring is 1. The van der Waals surface area contributed by atoms with Gasteiger partial charge in [-0.15, -0.1) is 0 Å². The van der Waals surface area contributed by atoms with Crippen LogP contribution in [0.1, 0.15) is 25.1 Å². The molecule has 0 amide bonds. The van der Waals surface area contributed by atoms with Gasteiger partial charge in [0.2, 0.25) is 5.89 Å². The van der Waals surface area contributed by atoms with Gasteiger partial charge in [0.1, 0.15) is 5.75 Å². The fourth-order valence-electron chi connectivity index (χ4n) is 1.78. The van der Waals surface area contributed by atoms with Gasteiger partial charge < -0.3 is 20.3 Å². The van der Waals surface area contributed by atoms with Crippen LogP contribution >= 0.6 is 0 Å². The lowest BCUT2D eigenvalue weighted by atomic mass is 10.2. The van der Waals surface area contributed by atoms with Crippen LogP contribution in [-0.2, 0) is 6.42 Å². The molecule has 2 rings (SSSR count). The summed E-state index contributed by atoms with van der Waals surface area (Å²) in [5, 5.41) is 7.02. The first-order valence-electron chi connectivity index (χ1n) is 6.74. The first-order chi connectivity index (χ1) is 9.67. The summed E-state index contributed by atoms with van der Waals surface area (Å²) < 4.78 is 10.6. The molecule has 1 aromatic heterocycles. The Morgan fingerprint density at radius 1 is 1.35 bits per heavy atom. The van der Waals surface area contributed by atoms with Crippen molar-refractivity contribution in [3.63, 3.8) is 0 Å². The Kier molecular flexibility index (Phi) is 4.81. The number of anilines is 2. The molecule has 0 bridgehead atoms. The molecule has 0 aliphatic heterocycles. The van der Waals surface area contributed by atoms with Crippen LogP contribution in [0.4, 0.5) is 11.4 Å². The summed E-state index contributed by atoms with van der Waals surface area (Å²) >= 11 is 0. The van der Waals surface area contributed by atoms with Crippen LogP contribution in [0.5, 0.6) is 5.75 Å². The van der Waals surface area contributed by atoms with Crippen molar-refractivity contribution in [3.8, 4) is 5.75 Å². The lowest BCUT2D eigenvalue weighted by Gasteiger charge is -2.10. The number of nitrogens with zero attached hydrogens (tertiary/aromatic N) is 2. The van der Waals surface area contributed by atoms with E-state index in [2.05, 4.69) is 22.4 Å². The Morgan fingerprint density at radius 3 is 2.90 bits per heavy atom. The maximum Gasteiger partial charge on any atom is 0.228 e. The number of hydrogen-bond donors (Lipinski definition) is 2. The molecule has 0 fully saturated rings. The van der Waals surface area contributed by atoms with Crippen molar-refractivity contribution in [2.24, 2.45) is 0 Å². The highest BCUT2D eigenvalue weighted by atomic mass is 16.5. The third kappa shape index (κ3) is 4.15. The molecule has 0 saturated carbocycles. The molecule has 0 unspecified atom stereocenters. The second kappa shape index (κ2) is 6.79. The van der Waals surface area contributed by atoms with Crippen LogP contribution in [0.25, 0.3) is 0 Å². The zero-order valence-electron chi connectivity index (χ0n) is 11.8. The number of aromatic nitrogens is 2. The van der Waals surface area contributed by atoms with Gasteiger partial charge in [-0.1, -0.05) is 12.1 Å². The molecular weight excluding hydrogens is 256 g/mol. The molecule has 2 aromatic rings. The van der Waals surface area contributed by atoms with Crippen molar-refractivity contribution < 1.29 is 9.26 Å². The summed E-state index contributed by atoms with van der Waals surface area (Å²) in [7, 11) is 0. The van der Waals surface area contributed by atoms with E-state index in [9.17, 15) is 0 Å². The largest absolute Gasteiger partial charge is 0.493 e. The van der Waals surface area contributed by atoms with Crippen LogP contribution < -0.4 is 15.8 Å². The van der Waals surface area contributed by atoms with Crippen LogP contribution in [0.15, 0.2) is 22.7 Å². The zero-order chi connectivity index (χ0) is 14.4. The Labute approximate surface area is 118 Å². The smallest absolute Gasteiger partial charge is 0.228 e. The second-order valence-electron chi connectivity index (χ2n) is 4.55. The number of aryl methyl sites for hydroxylation is 1. The minimum atomic E-state index is 0.626. The van der Waals surface area contributed by atoms with E-state index in [0.29, 0.717) is 37.0 Å². The monoisotopic (exact) mass is 276 g/mol. The average molecular weight is 276 g/mol. The van der Waals surface area contributed by atoms with Gasteiger partial charge in [-0.3, -0.25) is 0 Å². The predicted molar refractivity (Wildman–Crippen MR) is 77.9 cm³/mol. The number of ether oxygens (including phenoxy) is 1. The summed E-state index contributed by atoms with van der Waals surface area (Å²) in [5.74, 6) is 2.06. The van der Waals surface area contributed by atoms with Crippen LogP contribution in [0.2, 0.25) is 0 Å². The van der Waals surface area contributed by atoms with Crippen LogP contribution in [-0.4, -0.2) is 23.3 Å². The van der Waals surface area contributed by atoms with Crippen molar-refractivity contribution in [1.82, 2.24) is 10.1 Å². The van der Waals surface area contributed by atoms with Crippen molar-refractivity contribution in [2.75, 3.05) is 24.2 Å². The first-order valence-corrected chi connectivity index (χ1v) is 6.74. The first kappa shape index (κ1) is 14.2. The van der Waals surface area contributed by atoms with Gasteiger partial charge in [0.05, 0.1) is 6.61 Å². The number of rotatable bonds is 7. The maximum atomic E-state index is 5.86. The van der Waals surface area contributed by atoms with Crippen molar-refractivity contribution in [1.29, 1.82) is 0 Å². The van der Waals surface area contributed by atoms with Gasteiger partial charge in [-0.05, 0) is 19.4 Å². The van der Waals surface area contributed by atoms with E-state index >= 15 is 0 Å². The van der Waals surface area contributed by atoms with Crippen molar-refractivity contribution in [3.05, 3.63) is 29.9 Å². The van der Waals surface area contributed by atoms with E-state index in [1.807, 2.05) is 18.2 Å².